The molecular weight excluding hydrogens is 260 g/mol. The molecule has 2 aliphatic rings. The highest BCUT2D eigenvalue weighted by Gasteiger charge is 2.30. The number of unbranched alkanes of at least 4 members (excludes halogenated alkanes) is 1. The van der Waals surface area contributed by atoms with Crippen molar-refractivity contribution in [2.75, 3.05) is 19.6 Å². The molecule has 3 heteroatoms. The van der Waals surface area contributed by atoms with E-state index in [1.807, 2.05) is 0 Å². The van der Waals surface area contributed by atoms with Crippen molar-refractivity contribution in [2.45, 2.75) is 77.7 Å². The molecule has 1 unspecified atom stereocenters. The van der Waals surface area contributed by atoms with E-state index in [1.165, 1.54) is 44.9 Å². The Balaban J connectivity index is 1.76. The normalized spacial score (nSPS) is 29.5. The van der Waals surface area contributed by atoms with Crippen LogP contribution in [0.3, 0.4) is 0 Å². The van der Waals surface area contributed by atoms with Crippen LogP contribution in [0.4, 0.5) is 0 Å². The summed E-state index contributed by atoms with van der Waals surface area (Å²) in [7, 11) is 0. The minimum atomic E-state index is 0.309. The van der Waals surface area contributed by atoms with Gasteiger partial charge >= 0.3 is 0 Å². The zero-order valence-corrected chi connectivity index (χ0v) is 14.1. The Kier molecular flexibility index (Phi) is 7.01. The van der Waals surface area contributed by atoms with Crippen molar-refractivity contribution >= 4 is 5.91 Å². The van der Waals surface area contributed by atoms with E-state index < -0.39 is 0 Å². The van der Waals surface area contributed by atoms with Gasteiger partial charge in [-0.1, -0.05) is 26.2 Å². The molecule has 0 aromatic carbocycles. The minimum absolute atomic E-state index is 0.309. The van der Waals surface area contributed by atoms with Gasteiger partial charge in [-0.25, -0.2) is 0 Å². The third-order valence-corrected chi connectivity index (χ3v) is 5.46. The third kappa shape index (κ3) is 4.98. The van der Waals surface area contributed by atoms with Gasteiger partial charge in [-0.2, -0.15) is 0 Å². The lowest BCUT2D eigenvalue weighted by Crippen LogP contribution is -2.44. The lowest BCUT2D eigenvalue weighted by molar-refractivity contribution is -0.137. The van der Waals surface area contributed by atoms with Gasteiger partial charge in [0, 0.05) is 25.0 Å². The fourth-order valence-corrected chi connectivity index (χ4v) is 4.00. The van der Waals surface area contributed by atoms with E-state index in [2.05, 4.69) is 24.1 Å². The van der Waals surface area contributed by atoms with Crippen molar-refractivity contribution in [3.05, 3.63) is 0 Å². The minimum Gasteiger partial charge on any atom is -0.341 e. The van der Waals surface area contributed by atoms with Crippen LogP contribution >= 0.6 is 0 Å². The zero-order chi connectivity index (χ0) is 15.1. The summed E-state index contributed by atoms with van der Waals surface area (Å²) >= 11 is 0. The van der Waals surface area contributed by atoms with E-state index >= 15 is 0 Å². The third-order valence-electron chi connectivity index (χ3n) is 5.46. The molecule has 1 atom stereocenters. The highest BCUT2D eigenvalue weighted by atomic mass is 16.2. The molecule has 1 saturated carbocycles. The quantitative estimate of drug-likeness (QED) is 0.778. The van der Waals surface area contributed by atoms with Crippen LogP contribution in [0.5, 0.6) is 0 Å². The summed E-state index contributed by atoms with van der Waals surface area (Å²) in [4.78, 5) is 14.8. The molecule has 3 nitrogen and oxygen atoms in total. The summed E-state index contributed by atoms with van der Waals surface area (Å²) in [6, 6.07) is 0.537. The number of hydrogen-bond acceptors (Lipinski definition) is 2. The molecule has 0 aromatic heterocycles. The lowest BCUT2D eigenvalue weighted by atomic mass is 9.79. The second-order valence-corrected chi connectivity index (χ2v) is 7.03. The van der Waals surface area contributed by atoms with Crippen molar-refractivity contribution in [1.29, 1.82) is 0 Å². The number of hydrogen-bond donors (Lipinski definition) is 1. The van der Waals surface area contributed by atoms with E-state index in [1.54, 1.807) is 0 Å². The topological polar surface area (TPSA) is 32.3 Å². The first-order valence-corrected chi connectivity index (χ1v) is 9.26. The number of nitrogens with zero attached hydrogens (tertiary/aromatic N) is 1. The van der Waals surface area contributed by atoms with Gasteiger partial charge in [-0.15, -0.1) is 0 Å². The Hall–Kier alpha value is -0.570. The summed E-state index contributed by atoms with van der Waals surface area (Å²) in [6.45, 7) is 7.31. The largest absolute Gasteiger partial charge is 0.341 e. The highest BCUT2D eigenvalue weighted by molar-refractivity contribution is 5.79. The van der Waals surface area contributed by atoms with Crippen molar-refractivity contribution in [2.24, 2.45) is 11.8 Å². The van der Waals surface area contributed by atoms with Gasteiger partial charge in [0.2, 0.25) is 5.91 Å². The van der Waals surface area contributed by atoms with Gasteiger partial charge in [-0.05, 0) is 57.9 Å². The molecule has 0 aromatic rings. The van der Waals surface area contributed by atoms with Crippen LogP contribution < -0.4 is 5.32 Å². The molecule has 21 heavy (non-hydrogen) atoms. The van der Waals surface area contributed by atoms with Gasteiger partial charge in [0.1, 0.15) is 0 Å². The average molecular weight is 294 g/mol. The number of rotatable bonds is 7. The number of amides is 1. The number of carbonyl (C=O) groups is 1. The summed E-state index contributed by atoms with van der Waals surface area (Å²) in [5.74, 6) is 1.63. The van der Waals surface area contributed by atoms with Crippen LogP contribution in [0.25, 0.3) is 0 Å². The van der Waals surface area contributed by atoms with Crippen LogP contribution in [-0.2, 0) is 4.79 Å². The van der Waals surface area contributed by atoms with Crippen molar-refractivity contribution in [3.8, 4) is 0 Å². The van der Waals surface area contributed by atoms with Crippen LogP contribution in [0.2, 0.25) is 0 Å². The first-order valence-electron chi connectivity index (χ1n) is 9.26. The van der Waals surface area contributed by atoms with Gasteiger partial charge in [0.15, 0.2) is 0 Å². The summed E-state index contributed by atoms with van der Waals surface area (Å²) in [6.07, 6.45) is 11.3. The Bertz CT molecular complexity index is 304. The number of carbonyl (C=O) groups excluding carboxylic acids is 1. The van der Waals surface area contributed by atoms with Gasteiger partial charge in [0.05, 0.1) is 0 Å². The average Bonchev–Trinajstić information content (AvgIpc) is 3.03. The molecule has 2 rings (SSSR count). The fraction of sp³-hybridized carbons (Fsp3) is 0.944. The van der Waals surface area contributed by atoms with Crippen molar-refractivity contribution in [3.63, 3.8) is 0 Å². The predicted molar refractivity (Wildman–Crippen MR) is 88.3 cm³/mol. The number of likely N-dealkylation sites (N-methyl/N-ethyl adjacent to an activating group) is 1. The monoisotopic (exact) mass is 294 g/mol. The highest BCUT2D eigenvalue weighted by Crippen LogP contribution is 2.33. The standard InChI is InChI=1S/C18H34N2O/c1-3-5-7-15-9-11-16(12-10-15)18(21)20(4-2)14-17-8-6-13-19-17/h15-17,19H,3-14H2,1-2H3. The Morgan fingerprint density at radius 3 is 2.48 bits per heavy atom. The molecule has 1 saturated heterocycles. The first kappa shape index (κ1) is 16.8. The molecule has 1 aliphatic heterocycles. The maximum Gasteiger partial charge on any atom is 0.225 e. The van der Waals surface area contributed by atoms with Gasteiger partial charge < -0.3 is 10.2 Å². The van der Waals surface area contributed by atoms with E-state index in [9.17, 15) is 4.79 Å². The lowest BCUT2D eigenvalue weighted by Gasteiger charge is -2.33. The first-order chi connectivity index (χ1) is 10.2. The smallest absolute Gasteiger partial charge is 0.225 e. The second-order valence-electron chi connectivity index (χ2n) is 7.03. The summed E-state index contributed by atoms with van der Waals surface area (Å²) < 4.78 is 0. The maximum absolute atomic E-state index is 12.7. The number of nitrogens with one attached hydrogen (secondary N) is 1. The van der Waals surface area contributed by atoms with E-state index in [0.717, 1.165) is 38.4 Å². The predicted octanol–water partition coefficient (Wildman–Crippen LogP) is 3.58. The van der Waals surface area contributed by atoms with Crippen LogP contribution in [0, 0.1) is 11.8 Å². The van der Waals surface area contributed by atoms with Gasteiger partial charge in [0.25, 0.3) is 0 Å². The molecule has 0 bridgehead atoms. The van der Waals surface area contributed by atoms with Crippen LogP contribution in [0.15, 0.2) is 0 Å². The molecule has 2 fully saturated rings. The molecule has 122 valence electrons. The molecule has 1 N–H and O–H groups in total. The summed E-state index contributed by atoms with van der Waals surface area (Å²) in [5, 5.41) is 3.52. The molecule has 1 amide bonds. The molecule has 1 heterocycles. The van der Waals surface area contributed by atoms with Crippen LogP contribution in [0.1, 0.15) is 71.6 Å². The van der Waals surface area contributed by atoms with E-state index in [4.69, 9.17) is 0 Å². The van der Waals surface area contributed by atoms with E-state index in [0.29, 0.717) is 17.9 Å². The summed E-state index contributed by atoms with van der Waals surface area (Å²) in [5.41, 5.74) is 0. The molecule has 0 spiro atoms. The second kappa shape index (κ2) is 8.77. The molecule has 1 aliphatic carbocycles. The molecular formula is C18H34N2O. The maximum atomic E-state index is 12.7. The Morgan fingerprint density at radius 1 is 1.14 bits per heavy atom. The van der Waals surface area contributed by atoms with Crippen molar-refractivity contribution in [1.82, 2.24) is 10.2 Å². The SMILES string of the molecule is CCCCC1CCC(C(=O)N(CC)CC2CCCN2)CC1. The van der Waals surface area contributed by atoms with Crippen molar-refractivity contribution < 1.29 is 4.79 Å². The van der Waals surface area contributed by atoms with E-state index in [-0.39, 0.29) is 0 Å². The Labute approximate surface area is 130 Å². The Morgan fingerprint density at radius 2 is 1.90 bits per heavy atom. The fourth-order valence-electron chi connectivity index (χ4n) is 4.00. The molecule has 0 radical (unpaired) electrons. The van der Waals surface area contributed by atoms with Crippen LogP contribution in [-0.4, -0.2) is 36.5 Å². The zero-order valence-electron chi connectivity index (χ0n) is 14.1. The van der Waals surface area contributed by atoms with Gasteiger partial charge in [-0.3, -0.25) is 4.79 Å².